The lowest BCUT2D eigenvalue weighted by Crippen LogP contribution is -2.44. The first-order valence-electron chi connectivity index (χ1n) is 12.1. The molecule has 1 unspecified atom stereocenters. The fourth-order valence-corrected chi connectivity index (χ4v) is 5.44. The number of nitrogens with one attached hydrogen (secondary N) is 1. The lowest BCUT2D eigenvalue weighted by atomic mass is 9.83. The van der Waals surface area contributed by atoms with Gasteiger partial charge in [-0.05, 0) is 48.4 Å². The molecule has 0 saturated carbocycles. The molecule has 0 aliphatic carbocycles. The lowest BCUT2D eigenvalue weighted by Gasteiger charge is -2.27. The molecule has 188 valence electrons. The molecular formula is C29H32N2O4S. The molecule has 1 N–H and O–H groups in total. The highest BCUT2D eigenvalue weighted by atomic mass is 32.1. The van der Waals surface area contributed by atoms with Gasteiger partial charge in [0.05, 0.1) is 19.9 Å². The Morgan fingerprint density at radius 2 is 1.61 bits per heavy atom. The molecule has 1 fully saturated rings. The summed E-state index contributed by atoms with van der Waals surface area (Å²) in [4.78, 5) is 27.4. The number of carbonyl (C=O) groups is 2. The van der Waals surface area contributed by atoms with Gasteiger partial charge in [-0.2, -0.15) is 0 Å². The zero-order valence-electron chi connectivity index (χ0n) is 20.6. The van der Waals surface area contributed by atoms with Crippen molar-refractivity contribution in [2.24, 2.45) is 5.92 Å². The monoisotopic (exact) mass is 504 g/mol. The second kappa shape index (κ2) is 12.0. The Hall–Kier alpha value is -3.45. The molecule has 3 aromatic carbocycles. The number of urea groups is 1. The third-order valence-electron chi connectivity index (χ3n) is 6.92. The number of likely N-dealkylation sites (tertiary alicyclic amines) is 1. The van der Waals surface area contributed by atoms with Crippen LogP contribution in [-0.2, 0) is 4.79 Å². The van der Waals surface area contributed by atoms with Crippen LogP contribution in [0.1, 0.15) is 36.3 Å². The number of anilines is 1. The lowest BCUT2D eigenvalue weighted by molar-refractivity contribution is -0.114. The van der Waals surface area contributed by atoms with Crippen LogP contribution in [0.25, 0.3) is 0 Å². The van der Waals surface area contributed by atoms with E-state index in [1.54, 1.807) is 30.2 Å². The molecule has 3 aromatic rings. The van der Waals surface area contributed by atoms with Crippen LogP contribution >= 0.6 is 12.6 Å². The maximum atomic E-state index is 13.2. The summed E-state index contributed by atoms with van der Waals surface area (Å²) in [6.07, 6.45) is 2.43. The molecule has 2 atom stereocenters. The van der Waals surface area contributed by atoms with E-state index < -0.39 is 6.04 Å². The van der Waals surface area contributed by atoms with Gasteiger partial charge in [-0.1, -0.05) is 60.7 Å². The SMILES string of the molecule is COc1ccc(NC(=O)N2CCC(CCC(c3ccccc3)c3ccccc3)[C@H]2C(=O)S)c(OC)c1. The summed E-state index contributed by atoms with van der Waals surface area (Å²) in [6, 6.07) is 25.1. The van der Waals surface area contributed by atoms with E-state index in [0.717, 1.165) is 19.3 Å². The summed E-state index contributed by atoms with van der Waals surface area (Å²) in [5, 5.41) is 2.61. The first kappa shape index (κ1) is 25.6. The second-order valence-corrected chi connectivity index (χ2v) is 9.41. The molecule has 6 nitrogen and oxygen atoms in total. The largest absolute Gasteiger partial charge is 0.497 e. The van der Waals surface area contributed by atoms with E-state index in [1.807, 2.05) is 12.1 Å². The molecule has 1 aliphatic rings. The first-order chi connectivity index (χ1) is 17.5. The Balaban J connectivity index is 1.48. The molecule has 0 bridgehead atoms. The number of carbonyl (C=O) groups excluding carboxylic acids is 2. The number of hydrogen-bond donors (Lipinski definition) is 2. The minimum absolute atomic E-state index is 0.0356. The van der Waals surface area contributed by atoms with Crippen molar-refractivity contribution in [3.05, 3.63) is 90.0 Å². The quantitative estimate of drug-likeness (QED) is 0.351. The Kier molecular flexibility index (Phi) is 8.54. The Labute approximate surface area is 218 Å². The molecule has 1 saturated heterocycles. The molecule has 36 heavy (non-hydrogen) atoms. The molecule has 1 aliphatic heterocycles. The van der Waals surface area contributed by atoms with E-state index >= 15 is 0 Å². The molecule has 0 radical (unpaired) electrons. The fraction of sp³-hybridized carbons (Fsp3) is 0.310. The van der Waals surface area contributed by atoms with Crippen LogP contribution in [0.2, 0.25) is 0 Å². The highest BCUT2D eigenvalue weighted by molar-refractivity contribution is 7.96. The van der Waals surface area contributed by atoms with Crippen molar-refractivity contribution in [1.82, 2.24) is 4.90 Å². The number of benzene rings is 3. The van der Waals surface area contributed by atoms with Gasteiger partial charge in [0.15, 0.2) is 0 Å². The zero-order chi connectivity index (χ0) is 25.5. The van der Waals surface area contributed by atoms with E-state index in [2.05, 4.69) is 66.5 Å². The van der Waals surface area contributed by atoms with Crippen LogP contribution in [0.5, 0.6) is 11.5 Å². The number of rotatable bonds is 9. The number of hydrogen-bond acceptors (Lipinski definition) is 4. The number of ether oxygens (including phenoxy) is 2. The molecular weight excluding hydrogens is 472 g/mol. The predicted octanol–water partition coefficient (Wildman–Crippen LogP) is 5.99. The number of thiol groups is 1. The predicted molar refractivity (Wildman–Crippen MR) is 145 cm³/mol. The summed E-state index contributed by atoms with van der Waals surface area (Å²) >= 11 is 4.18. The zero-order valence-corrected chi connectivity index (χ0v) is 21.5. The Morgan fingerprint density at radius 1 is 0.972 bits per heavy atom. The van der Waals surface area contributed by atoms with Gasteiger partial charge in [-0.15, -0.1) is 12.6 Å². The summed E-state index contributed by atoms with van der Waals surface area (Å²) in [5.41, 5.74) is 3.01. The van der Waals surface area contributed by atoms with Crippen molar-refractivity contribution in [2.75, 3.05) is 26.1 Å². The number of nitrogens with zero attached hydrogens (tertiary/aromatic N) is 1. The van der Waals surface area contributed by atoms with Gasteiger partial charge >= 0.3 is 6.03 Å². The normalized spacial score (nSPS) is 17.2. The van der Waals surface area contributed by atoms with Crippen molar-refractivity contribution in [1.29, 1.82) is 0 Å². The van der Waals surface area contributed by atoms with E-state index in [0.29, 0.717) is 23.7 Å². The maximum absolute atomic E-state index is 13.2. The molecule has 4 rings (SSSR count). The van der Waals surface area contributed by atoms with Crippen LogP contribution in [0.4, 0.5) is 10.5 Å². The van der Waals surface area contributed by atoms with Gasteiger partial charge in [0.25, 0.3) is 0 Å². The minimum Gasteiger partial charge on any atom is -0.497 e. The maximum Gasteiger partial charge on any atom is 0.322 e. The minimum atomic E-state index is -0.579. The third kappa shape index (κ3) is 5.85. The van der Waals surface area contributed by atoms with Crippen LogP contribution in [0.3, 0.4) is 0 Å². The van der Waals surface area contributed by atoms with Gasteiger partial charge in [0.1, 0.15) is 17.5 Å². The van der Waals surface area contributed by atoms with E-state index in [4.69, 9.17) is 9.47 Å². The Bertz CT molecular complexity index is 1130. The smallest absolute Gasteiger partial charge is 0.322 e. The van der Waals surface area contributed by atoms with Crippen LogP contribution in [0.15, 0.2) is 78.9 Å². The van der Waals surface area contributed by atoms with Crippen molar-refractivity contribution in [2.45, 2.75) is 31.2 Å². The number of amides is 2. The van der Waals surface area contributed by atoms with Gasteiger partial charge in [-0.25, -0.2) is 4.79 Å². The van der Waals surface area contributed by atoms with E-state index in [9.17, 15) is 9.59 Å². The summed E-state index contributed by atoms with van der Waals surface area (Å²) < 4.78 is 10.6. The van der Waals surface area contributed by atoms with Gasteiger partial charge in [-0.3, -0.25) is 4.79 Å². The van der Waals surface area contributed by atoms with Gasteiger partial charge in [0, 0.05) is 18.5 Å². The van der Waals surface area contributed by atoms with Gasteiger partial charge < -0.3 is 19.7 Å². The average Bonchev–Trinajstić information content (AvgIpc) is 3.35. The molecule has 1 heterocycles. The van der Waals surface area contributed by atoms with Crippen LogP contribution in [0, 0.1) is 5.92 Å². The van der Waals surface area contributed by atoms with Crippen molar-refractivity contribution >= 4 is 29.5 Å². The van der Waals surface area contributed by atoms with Crippen LogP contribution < -0.4 is 14.8 Å². The highest BCUT2D eigenvalue weighted by Crippen LogP contribution is 2.37. The number of methoxy groups -OCH3 is 2. The molecule has 7 heteroatoms. The topological polar surface area (TPSA) is 67.9 Å². The highest BCUT2D eigenvalue weighted by Gasteiger charge is 2.40. The fourth-order valence-electron chi connectivity index (χ4n) is 5.09. The molecule has 2 amide bonds. The van der Waals surface area contributed by atoms with Crippen molar-refractivity contribution in [3.8, 4) is 11.5 Å². The Morgan fingerprint density at radius 3 is 2.17 bits per heavy atom. The molecule has 0 aromatic heterocycles. The third-order valence-corrected chi connectivity index (χ3v) is 7.18. The standard InChI is InChI=1S/C29H32N2O4S/c1-34-23-14-16-25(26(19-23)35-2)30-29(33)31-18-17-22(27(31)28(32)36)13-15-24(20-9-5-3-6-10-20)21-11-7-4-8-12-21/h3-12,14,16,19,22,24,27H,13,15,17-18H2,1-2H3,(H,30,33)(H,32,36)/t22?,27-/m0/s1. The van der Waals surface area contributed by atoms with Gasteiger partial charge in [0.2, 0.25) is 5.12 Å². The second-order valence-electron chi connectivity index (χ2n) is 8.97. The van der Waals surface area contributed by atoms with E-state index in [1.165, 1.54) is 18.2 Å². The van der Waals surface area contributed by atoms with E-state index in [-0.39, 0.29) is 23.0 Å². The van der Waals surface area contributed by atoms with Crippen molar-refractivity contribution in [3.63, 3.8) is 0 Å². The first-order valence-corrected chi connectivity index (χ1v) is 12.6. The van der Waals surface area contributed by atoms with Crippen LogP contribution in [-0.4, -0.2) is 42.9 Å². The molecule has 0 spiro atoms. The summed E-state index contributed by atoms with van der Waals surface area (Å²) in [6.45, 7) is 0.493. The summed E-state index contributed by atoms with van der Waals surface area (Å²) in [5.74, 6) is 1.37. The average molecular weight is 505 g/mol. The van der Waals surface area contributed by atoms with Crippen molar-refractivity contribution < 1.29 is 19.1 Å². The summed E-state index contributed by atoms with van der Waals surface area (Å²) in [7, 11) is 3.10.